The van der Waals surface area contributed by atoms with Crippen molar-refractivity contribution in [1.82, 2.24) is 9.88 Å². The number of nitrogens with zero attached hydrogens (tertiary/aromatic N) is 3. The maximum absolute atomic E-state index is 2.99. The van der Waals surface area contributed by atoms with Gasteiger partial charge in [0, 0.05) is 48.9 Å². The van der Waals surface area contributed by atoms with Gasteiger partial charge in [0.1, 0.15) is 24.6 Å². The zero-order chi connectivity index (χ0) is 34.1. The number of aromatic nitrogens is 2. The van der Waals surface area contributed by atoms with Gasteiger partial charge >= 0.3 is 0 Å². The summed E-state index contributed by atoms with van der Waals surface area (Å²) in [6.07, 6.45) is 8.44. The first-order valence-corrected chi connectivity index (χ1v) is 17.3. The van der Waals surface area contributed by atoms with Crippen molar-refractivity contribution in [3.8, 4) is 28.2 Å². The van der Waals surface area contributed by atoms with Gasteiger partial charge < -0.3 is 10.2 Å². The lowest BCUT2D eigenvalue weighted by Crippen LogP contribution is -2.30. The summed E-state index contributed by atoms with van der Waals surface area (Å²) in [6.45, 7) is 18.6. The van der Waals surface area contributed by atoms with Crippen molar-refractivity contribution >= 4 is 5.69 Å². The molecule has 1 N–H and O–H groups in total. The number of nitrogens with one attached hydrogen (secondary N) is 1. The van der Waals surface area contributed by atoms with E-state index in [1.807, 2.05) is 33.3 Å². The van der Waals surface area contributed by atoms with Gasteiger partial charge in [-0.1, -0.05) is 122 Å². The van der Waals surface area contributed by atoms with Crippen LogP contribution in [-0.4, -0.2) is 18.7 Å². The van der Waals surface area contributed by atoms with E-state index in [1.54, 1.807) is 0 Å². The zero-order valence-corrected chi connectivity index (χ0v) is 30.3. The highest BCUT2D eigenvalue weighted by Gasteiger charge is 2.32. The Morgan fingerprint density at radius 3 is 1.91 bits per heavy atom. The van der Waals surface area contributed by atoms with Crippen molar-refractivity contribution in [1.29, 1.82) is 0 Å². The number of imidazole rings is 1. The number of benzene rings is 4. The van der Waals surface area contributed by atoms with Crippen LogP contribution in [0.1, 0.15) is 95.4 Å². The molecule has 0 fully saturated rings. The van der Waals surface area contributed by atoms with Gasteiger partial charge in [0.05, 0.1) is 5.56 Å². The lowest BCUT2D eigenvalue weighted by Gasteiger charge is -2.20. The first kappa shape index (κ1) is 35.3. The molecular weight excluding hydrogens is 573 g/mol. The number of para-hydroxylation sites is 1. The summed E-state index contributed by atoms with van der Waals surface area (Å²) < 4.78 is 4.81. The predicted octanol–water partition coefficient (Wildman–Crippen LogP) is 10.7. The minimum absolute atomic E-state index is 0.431. The predicted molar refractivity (Wildman–Crippen MR) is 203 cm³/mol. The maximum atomic E-state index is 2.99. The Labute approximate surface area is 284 Å². The number of rotatable bonds is 8. The topological polar surface area (TPSA) is 24.1 Å². The van der Waals surface area contributed by atoms with Crippen LogP contribution in [0.4, 0.5) is 5.69 Å². The molecule has 1 aromatic heterocycles. The van der Waals surface area contributed by atoms with Gasteiger partial charge in [-0.15, -0.1) is 0 Å². The summed E-state index contributed by atoms with van der Waals surface area (Å²) in [5.41, 5.74) is 12.1. The van der Waals surface area contributed by atoms with Crippen LogP contribution in [0.15, 0.2) is 116 Å². The molecule has 6 rings (SSSR count). The molecule has 1 aliphatic heterocycles. The molecular formula is C43H55N4+. The van der Waals surface area contributed by atoms with Gasteiger partial charge in [0.15, 0.2) is 0 Å². The first-order chi connectivity index (χ1) is 22.7. The fourth-order valence-corrected chi connectivity index (χ4v) is 6.28. The molecule has 246 valence electrons. The molecule has 4 heteroatoms. The smallest absolute Gasteiger partial charge is 0.294 e. The van der Waals surface area contributed by atoms with Crippen molar-refractivity contribution < 1.29 is 4.57 Å². The largest absolute Gasteiger partial charge is 0.393 e. The van der Waals surface area contributed by atoms with Crippen LogP contribution in [0.2, 0.25) is 0 Å². The van der Waals surface area contributed by atoms with Gasteiger partial charge in [-0.2, -0.15) is 4.57 Å². The molecule has 0 saturated heterocycles. The zero-order valence-electron chi connectivity index (χ0n) is 30.3. The second kappa shape index (κ2) is 16.3. The third-order valence-electron chi connectivity index (χ3n) is 8.66. The maximum Gasteiger partial charge on any atom is 0.294 e. The number of fused-ring (bicyclic) bond motifs is 3. The third-order valence-corrected chi connectivity index (χ3v) is 8.66. The van der Waals surface area contributed by atoms with Gasteiger partial charge in [-0.05, 0) is 58.7 Å². The Morgan fingerprint density at radius 1 is 0.723 bits per heavy atom. The fourth-order valence-electron chi connectivity index (χ4n) is 6.28. The Bertz CT molecular complexity index is 1730. The van der Waals surface area contributed by atoms with E-state index in [0.29, 0.717) is 17.8 Å². The Kier molecular flexibility index (Phi) is 12.2. The van der Waals surface area contributed by atoms with Crippen LogP contribution in [0.5, 0.6) is 0 Å². The van der Waals surface area contributed by atoms with Crippen LogP contribution >= 0.6 is 0 Å². The molecule has 0 amide bonds. The number of hydrogen-bond donors (Lipinski definition) is 1. The van der Waals surface area contributed by atoms with Crippen molar-refractivity contribution in [3.63, 3.8) is 0 Å². The summed E-state index contributed by atoms with van der Waals surface area (Å²) in [7, 11) is 3.97. The summed E-state index contributed by atoms with van der Waals surface area (Å²) in [4.78, 5) is 2.13. The van der Waals surface area contributed by atoms with Gasteiger partial charge in [0.2, 0.25) is 0 Å². The highest BCUT2D eigenvalue weighted by molar-refractivity contribution is 5.72. The quantitative estimate of drug-likeness (QED) is 0.170. The average molecular weight is 628 g/mol. The SMILES string of the molecule is CC.CC(C)c1cc(-c2ccccc2)cc(C(C)C)c1-n1cc[n+]2c1-c1ccccc1C2.CN/C=C\N(C)c1ccccc1C(C)C. The normalized spacial score (nSPS) is 11.6. The molecule has 47 heavy (non-hydrogen) atoms. The highest BCUT2D eigenvalue weighted by atomic mass is 15.2. The minimum Gasteiger partial charge on any atom is -0.393 e. The van der Waals surface area contributed by atoms with Crippen LogP contribution in [0, 0.1) is 0 Å². The van der Waals surface area contributed by atoms with Crippen LogP contribution < -0.4 is 14.8 Å². The molecule has 4 nitrogen and oxygen atoms in total. The highest BCUT2D eigenvalue weighted by Crippen LogP contribution is 2.39. The summed E-state index contributed by atoms with van der Waals surface area (Å²) in [5, 5.41) is 2.99. The Hall–Kier alpha value is -4.57. The van der Waals surface area contributed by atoms with E-state index in [9.17, 15) is 0 Å². The number of hydrogen-bond acceptors (Lipinski definition) is 2. The van der Waals surface area contributed by atoms with Crippen molar-refractivity contribution in [2.24, 2.45) is 0 Å². The lowest BCUT2D eigenvalue weighted by molar-refractivity contribution is -0.671. The lowest BCUT2D eigenvalue weighted by atomic mass is 9.88. The van der Waals surface area contributed by atoms with E-state index in [-0.39, 0.29) is 0 Å². The van der Waals surface area contributed by atoms with Gasteiger partial charge in [0.25, 0.3) is 5.82 Å². The van der Waals surface area contributed by atoms with Crippen LogP contribution in [-0.2, 0) is 6.54 Å². The van der Waals surface area contributed by atoms with E-state index < -0.39 is 0 Å². The van der Waals surface area contributed by atoms with Crippen molar-refractivity contribution in [2.75, 3.05) is 19.0 Å². The van der Waals surface area contributed by atoms with Crippen molar-refractivity contribution in [3.05, 3.63) is 138 Å². The summed E-state index contributed by atoms with van der Waals surface area (Å²) in [6, 6.07) is 32.9. The van der Waals surface area contributed by atoms with Crippen molar-refractivity contribution in [2.45, 2.75) is 79.7 Å². The molecule has 0 spiro atoms. The van der Waals surface area contributed by atoms with Crippen LogP contribution in [0.3, 0.4) is 0 Å². The minimum atomic E-state index is 0.431. The second-order valence-electron chi connectivity index (χ2n) is 12.9. The molecule has 0 saturated carbocycles. The second-order valence-corrected chi connectivity index (χ2v) is 12.9. The van der Waals surface area contributed by atoms with E-state index in [4.69, 9.17) is 0 Å². The van der Waals surface area contributed by atoms with Crippen LogP contribution in [0.25, 0.3) is 28.2 Å². The molecule has 5 aromatic rings. The third kappa shape index (κ3) is 7.88. The molecule has 4 aromatic carbocycles. The van der Waals surface area contributed by atoms with E-state index in [2.05, 4.69) is 171 Å². The molecule has 2 heterocycles. The van der Waals surface area contributed by atoms with Gasteiger partial charge in [-0.25, -0.2) is 4.57 Å². The Balaban J connectivity index is 0.000000249. The van der Waals surface area contributed by atoms with E-state index in [1.165, 1.54) is 56.1 Å². The first-order valence-electron chi connectivity index (χ1n) is 17.3. The van der Waals surface area contributed by atoms with E-state index in [0.717, 1.165) is 6.54 Å². The standard InChI is InChI=1S/C28H29N2.C13H20N2.C2H6/c1-19(2)25-16-23(21-10-6-5-7-11-21)17-26(20(3)4)27(25)30-15-14-29-18-22-12-8-9-13-24(22)28(29)30;1-11(2)12-7-5-6-8-13(12)15(4)10-9-14-3;1-2/h5-17,19-20H,18H2,1-4H3;5-11,14H,1-4H3;1-2H3/q+1;;/b;10-9-;. The monoisotopic (exact) mass is 627 g/mol. The summed E-state index contributed by atoms with van der Waals surface area (Å²) in [5.74, 6) is 2.70. The molecule has 0 bridgehead atoms. The Morgan fingerprint density at radius 2 is 1.30 bits per heavy atom. The molecule has 1 aliphatic rings. The molecule has 0 atom stereocenters. The summed E-state index contributed by atoms with van der Waals surface area (Å²) >= 11 is 0. The molecule has 0 aliphatic carbocycles. The average Bonchev–Trinajstić information content (AvgIpc) is 3.67. The van der Waals surface area contributed by atoms with Gasteiger partial charge in [-0.3, -0.25) is 0 Å². The molecule has 0 unspecified atom stereocenters. The molecule has 0 radical (unpaired) electrons. The van der Waals surface area contributed by atoms with E-state index >= 15 is 0 Å². The fraction of sp³-hybridized carbons (Fsp3) is 0.326. The number of anilines is 1.